The fourth-order valence-electron chi connectivity index (χ4n) is 0.979. The molecular formula is C13H14O2. The molecule has 0 N–H and O–H groups in total. The molecule has 0 spiro atoms. The third-order valence-corrected chi connectivity index (χ3v) is 1.73. The first-order chi connectivity index (χ1) is 7.33. The standard InChI is InChI=1S/C13H14O2/c1-2-3-11-15-13(14)10-9-12-7-5-4-6-8-12/h3-11H,2H2,1H3/b10-9+,11-3?. The second kappa shape index (κ2) is 6.60. The van der Waals surface area contributed by atoms with Crippen molar-refractivity contribution in [3.63, 3.8) is 0 Å². The molecule has 0 fully saturated rings. The smallest absolute Gasteiger partial charge is 0.335 e. The third-order valence-electron chi connectivity index (χ3n) is 1.73. The average molecular weight is 202 g/mol. The van der Waals surface area contributed by atoms with E-state index in [4.69, 9.17) is 4.74 Å². The van der Waals surface area contributed by atoms with Crippen LogP contribution in [0.3, 0.4) is 0 Å². The van der Waals surface area contributed by atoms with Crippen LogP contribution in [0.2, 0.25) is 0 Å². The van der Waals surface area contributed by atoms with Crippen molar-refractivity contribution in [2.45, 2.75) is 13.3 Å². The van der Waals surface area contributed by atoms with Crippen molar-refractivity contribution in [2.24, 2.45) is 0 Å². The highest BCUT2D eigenvalue weighted by Gasteiger charge is 1.92. The van der Waals surface area contributed by atoms with Crippen LogP contribution >= 0.6 is 0 Å². The van der Waals surface area contributed by atoms with Crippen LogP contribution in [0.25, 0.3) is 6.08 Å². The van der Waals surface area contributed by atoms with Crippen molar-refractivity contribution in [3.8, 4) is 0 Å². The number of hydrogen-bond acceptors (Lipinski definition) is 2. The lowest BCUT2D eigenvalue weighted by atomic mass is 10.2. The molecule has 1 rings (SSSR count). The van der Waals surface area contributed by atoms with Gasteiger partial charge in [0.05, 0.1) is 6.26 Å². The molecule has 0 radical (unpaired) electrons. The predicted octanol–water partition coefficient (Wildman–Crippen LogP) is 3.17. The van der Waals surface area contributed by atoms with Gasteiger partial charge in [-0.3, -0.25) is 0 Å². The largest absolute Gasteiger partial charge is 0.432 e. The summed E-state index contributed by atoms with van der Waals surface area (Å²) in [6.07, 6.45) is 7.19. The molecule has 0 saturated heterocycles. The van der Waals surface area contributed by atoms with Crippen molar-refractivity contribution >= 4 is 12.0 Å². The van der Waals surface area contributed by atoms with E-state index in [0.29, 0.717) is 0 Å². The van der Waals surface area contributed by atoms with Crippen LogP contribution in [0, 0.1) is 0 Å². The van der Waals surface area contributed by atoms with E-state index < -0.39 is 0 Å². The Labute approximate surface area is 89.9 Å². The van der Waals surface area contributed by atoms with Gasteiger partial charge in [-0.2, -0.15) is 0 Å². The lowest BCUT2D eigenvalue weighted by molar-refractivity contribution is -0.132. The molecule has 1 aromatic rings. The van der Waals surface area contributed by atoms with Gasteiger partial charge in [0.1, 0.15) is 0 Å². The average Bonchev–Trinajstić information content (AvgIpc) is 2.28. The van der Waals surface area contributed by atoms with Gasteiger partial charge in [-0.15, -0.1) is 0 Å². The van der Waals surface area contributed by atoms with Gasteiger partial charge in [0.25, 0.3) is 0 Å². The van der Waals surface area contributed by atoms with Crippen LogP contribution < -0.4 is 0 Å². The summed E-state index contributed by atoms with van der Waals surface area (Å²) in [6.45, 7) is 1.98. The zero-order valence-electron chi connectivity index (χ0n) is 8.72. The SMILES string of the molecule is CCC=COC(=O)/C=C/c1ccccc1. The van der Waals surface area contributed by atoms with Gasteiger partial charge in [-0.1, -0.05) is 37.3 Å². The van der Waals surface area contributed by atoms with Crippen LogP contribution in [-0.4, -0.2) is 5.97 Å². The molecule has 2 heteroatoms. The number of esters is 1. The summed E-state index contributed by atoms with van der Waals surface area (Å²) in [6, 6.07) is 9.61. The number of benzene rings is 1. The summed E-state index contributed by atoms with van der Waals surface area (Å²) >= 11 is 0. The predicted molar refractivity (Wildman–Crippen MR) is 61.0 cm³/mol. The van der Waals surface area contributed by atoms with Gasteiger partial charge < -0.3 is 4.74 Å². The molecule has 0 aromatic heterocycles. The Morgan fingerprint density at radius 3 is 2.73 bits per heavy atom. The van der Waals surface area contributed by atoms with E-state index in [1.54, 1.807) is 12.2 Å². The fraction of sp³-hybridized carbons (Fsp3) is 0.154. The molecule has 0 aliphatic carbocycles. The summed E-state index contributed by atoms with van der Waals surface area (Å²) < 4.78 is 4.80. The number of rotatable bonds is 4. The van der Waals surface area contributed by atoms with E-state index in [2.05, 4.69) is 0 Å². The summed E-state index contributed by atoms with van der Waals surface area (Å²) in [7, 11) is 0. The van der Waals surface area contributed by atoms with E-state index in [-0.39, 0.29) is 5.97 Å². The Bertz CT molecular complexity index is 350. The number of hydrogen-bond donors (Lipinski definition) is 0. The van der Waals surface area contributed by atoms with Gasteiger partial charge in [0, 0.05) is 6.08 Å². The maximum Gasteiger partial charge on any atom is 0.335 e. The molecule has 1 aromatic carbocycles. The van der Waals surface area contributed by atoms with Crippen molar-refractivity contribution in [2.75, 3.05) is 0 Å². The summed E-state index contributed by atoms with van der Waals surface area (Å²) in [5, 5.41) is 0. The van der Waals surface area contributed by atoms with E-state index in [0.717, 1.165) is 12.0 Å². The van der Waals surface area contributed by atoms with Crippen LogP contribution in [0.1, 0.15) is 18.9 Å². The van der Waals surface area contributed by atoms with Crippen molar-refractivity contribution in [1.29, 1.82) is 0 Å². The quantitative estimate of drug-likeness (QED) is 0.426. The Balaban J connectivity index is 2.44. The summed E-state index contributed by atoms with van der Waals surface area (Å²) in [4.78, 5) is 11.1. The van der Waals surface area contributed by atoms with E-state index in [9.17, 15) is 4.79 Å². The van der Waals surface area contributed by atoms with Crippen molar-refractivity contribution in [3.05, 3.63) is 54.3 Å². The van der Waals surface area contributed by atoms with Crippen LogP contribution in [0.4, 0.5) is 0 Å². The van der Waals surface area contributed by atoms with E-state index in [1.165, 1.54) is 12.3 Å². The minimum atomic E-state index is -0.358. The van der Waals surface area contributed by atoms with Gasteiger partial charge >= 0.3 is 5.97 Å². The highest BCUT2D eigenvalue weighted by atomic mass is 16.5. The fourth-order valence-corrected chi connectivity index (χ4v) is 0.979. The molecule has 78 valence electrons. The lowest BCUT2D eigenvalue weighted by Gasteiger charge is -1.92. The zero-order valence-corrected chi connectivity index (χ0v) is 8.72. The number of ether oxygens (including phenoxy) is 1. The molecule has 0 unspecified atom stereocenters. The summed E-state index contributed by atoms with van der Waals surface area (Å²) in [5.74, 6) is -0.358. The molecule has 0 amide bonds. The summed E-state index contributed by atoms with van der Waals surface area (Å²) in [5.41, 5.74) is 0.980. The second-order valence-electron chi connectivity index (χ2n) is 2.96. The van der Waals surface area contributed by atoms with Gasteiger partial charge in [-0.25, -0.2) is 4.79 Å². The maximum atomic E-state index is 11.1. The molecule has 15 heavy (non-hydrogen) atoms. The first-order valence-corrected chi connectivity index (χ1v) is 4.91. The third kappa shape index (κ3) is 4.81. The minimum Gasteiger partial charge on any atom is -0.432 e. The van der Waals surface area contributed by atoms with E-state index >= 15 is 0 Å². The van der Waals surface area contributed by atoms with Crippen LogP contribution in [-0.2, 0) is 9.53 Å². The van der Waals surface area contributed by atoms with Crippen molar-refractivity contribution < 1.29 is 9.53 Å². The maximum absolute atomic E-state index is 11.1. The number of allylic oxidation sites excluding steroid dienone is 1. The molecule has 0 heterocycles. The molecule has 0 aliphatic heterocycles. The molecule has 0 atom stereocenters. The van der Waals surface area contributed by atoms with Gasteiger partial charge in [0.2, 0.25) is 0 Å². The number of carbonyl (C=O) groups excluding carboxylic acids is 1. The zero-order chi connectivity index (χ0) is 10.9. The Morgan fingerprint density at radius 2 is 2.07 bits per heavy atom. The first kappa shape index (κ1) is 11.2. The molecule has 0 bridgehead atoms. The Kier molecular flexibility index (Phi) is 4.95. The van der Waals surface area contributed by atoms with Gasteiger partial charge in [0.15, 0.2) is 0 Å². The van der Waals surface area contributed by atoms with Crippen molar-refractivity contribution in [1.82, 2.24) is 0 Å². The normalized spacial score (nSPS) is 11.0. The lowest BCUT2D eigenvalue weighted by Crippen LogP contribution is -1.92. The topological polar surface area (TPSA) is 26.3 Å². The molecule has 2 nitrogen and oxygen atoms in total. The Morgan fingerprint density at radius 1 is 1.33 bits per heavy atom. The first-order valence-electron chi connectivity index (χ1n) is 4.91. The highest BCUT2D eigenvalue weighted by Crippen LogP contribution is 2.01. The minimum absolute atomic E-state index is 0.358. The van der Waals surface area contributed by atoms with Crippen LogP contribution in [0.5, 0.6) is 0 Å². The van der Waals surface area contributed by atoms with Gasteiger partial charge in [-0.05, 0) is 24.1 Å². The monoisotopic (exact) mass is 202 g/mol. The number of carbonyl (C=O) groups is 1. The van der Waals surface area contributed by atoms with E-state index in [1.807, 2.05) is 37.3 Å². The molecular weight excluding hydrogens is 188 g/mol. The highest BCUT2D eigenvalue weighted by molar-refractivity contribution is 5.87. The van der Waals surface area contributed by atoms with Crippen LogP contribution in [0.15, 0.2) is 48.7 Å². The molecule has 0 saturated carbocycles. The second-order valence-corrected chi connectivity index (χ2v) is 2.96. The molecule has 0 aliphatic rings. The Hall–Kier alpha value is -1.83.